The predicted octanol–water partition coefficient (Wildman–Crippen LogP) is 2.28. The van der Waals surface area contributed by atoms with Crippen molar-refractivity contribution < 1.29 is 51.6 Å². The summed E-state index contributed by atoms with van der Waals surface area (Å²) in [7, 11) is 0. The quantitative estimate of drug-likeness (QED) is 0.219. The Balaban J connectivity index is -0.000000139. The van der Waals surface area contributed by atoms with Crippen LogP contribution < -0.4 is 24.8 Å². The molecule has 0 aromatic heterocycles. The average molecular weight is 489 g/mol. The van der Waals surface area contributed by atoms with Crippen molar-refractivity contribution in [3.63, 3.8) is 0 Å². The molecule has 0 saturated heterocycles. The van der Waals surface area contributed by atoms with Crippen LogP contribution in [-0.2, 0) is 21.7 Å². The van der Waals surface area contributed by atoms with Crippen molar-refractivity contribution in [1.29, 1.82) is 0 Å². The first kappa shape index (κ1) is 40.6. The minimum absolute atomic E-state index is 0. The van der Waals surface area contributed by atoms with Crippen LogP contribution in [0.3, 0.4) is 0 Å². The summed E-state index contributed by atoms with van der Waals surface area (Å²) in [6, 6.07) is 0. The van der Waals surface area contributed by atoms with E-state index in [1.165, 1.54) is 96.3 Å². The van der Waals surface area contributed by atoms with Crippen LogP contribution in [0.2, 0.25) is 0 Å². The summed E-state index contributed by atoms with van der Waals surface area (Å²) < 4.78 is 0. The Bertz CT molecular complexity index is 219. The molecule has 0 spiro atoms. The normalized spacial score (nSPS) is 10.7. The van der Waals surface area contributed by atoms with Crippen molar-refractivity contribution in [2.45, 2.75) is 130 Å². The van der Waals surface area contributed by atoms with Gasteiger partial charge in [0.15, 0.2) is 0 Å². The Labute approximate surface area is 212 Å². The smallest absolute Gasteiger partial charge is 1.00 e. The largest absolute Gasteiger partial charge is 3.00 e. The van der Waals surface area contributed by atoms with Crippen LogP contribution >= 0.6 is 0 Å². The molecule has 5 heteroatoms. The number of nitrogens with zero attached hydrogens (tertiary/aromatic N) is 1. The molecule has 1 N–H and O–H groups in total. The van der Waals surface area contributed by atoms with Gasteiger partial charge in [-0.25, -0.2) is 0 Å². The number of aliphatic hydroxyl groups excluding tert-OH is 1. The standard InChI is InChI=1S/C16H34N.C8H18O.2ClH.Ti/c1-3-5-7-9-11-13-15-17-16-14-12-10-8-6-4-2;1-3-5-6-8(4-2)7-9;;;/h3-16H2,1-2H3;8-9H,3-7H2,1-2H3;2*1H;/q-1;;;;+3/p-2. The van der Waals surface area contributed by atoms with Crippen LogP contribution in [0.15, 0.2) is 0 Å². The van der Waals surface area contributed by atoms with Gasteiger partial charge in [-0.05, 0) is 12.3 Å². The van der Waals surface area contributed by atoms with Gasteiger partial charge in [0.25, 0.3) is 0 Å². The van der Waals surface area contributed by atoms with Crippen molar-refractivity contribution in [1.82, 2.24) is 0 Å². The van der Waals surface area contributed by atoms with Gasteiger partial charge in [0, 0.05) is 6.61 Å². The number of unbranched alkanes of at least 4 members (excludes halogenated alkanes) is 11. The van der Waals surface area contributed by atoms with Crippen LogP contribution in [0.5, 0.6) is 0 Å². The minimum Gasteiger partial charge on any atom is -1.00 e. The van der Waals surface area contributed by atoms with Gasteiger partial charge >= 0.3 is 21.7 Å². The zero-order valence-corrected chi connectivity index (χ0v) is 23.2. The second-order valence-corrected chi connectivity index (χ2v) is 7.81. The summed E-state index contributed by atoms with van der Waals surface area (Å²) in [5.41, 5.74) is 0. The molecule has 0 aliphatic carbocycles. The zero-order valence-electron chi connectivity index (χ0n) is 20.2. The third-order valence-corrected chi connectivity index (χ3v) is 5.14. The van der Waals surface area contributed by atoms with E-state index in [9.17, 15) is 0 Å². The van der Waals surface area contributed by atoms with Crippen molar-refractivity contribution >= 4 is 0 Å². The van der Waals surface area contributed by atoms with E-state index in [4.69, 9.17) is 5.11 Å². The first-order valence-electron chi connectivity index (χ1n) is 12.0. The molecule has 2 nitrogen and oxygen atoms in total. The molecule has 1 radical (unpaired) electrons. The van der Waals surface area contributed by atoms with E-state index in [-0.39, 0.29) is 46.5 Å². The van der Waals surface area contributed by atoms with E-state index in [2.05, 4.69) is 33.0 Å². The van der Waals surface area contributed by atoms with Gasteiger partial charge in [0.1, 0.15) is 0 Å². The Kier molecular flexibility index (Phi) is 55.5. The second-order valence-electron chi connectivity index (χ2n) is 7.81. The first-order chi connectivity index (χ1) is 12.8. The van der Waals surface area contributed by atoms with Gasteiger partial charge in [-0.3, -0.25) is 0 Å². The molecular formula is C24H52Cl2NOTi. The van der Waals surface area contributed by atoms with Crippen LogP contribution in [0.4, 0.5) is 0 Å². The molecule has 0 aromatic rings. The maximum atomic E-state index is 8.75. The number of rotatable bonds is 19. The van der Waals surface area contributed by atoms with E-state index in [1.807, 2.05) is 0 Å². The molecule has 0 heterocycles. The fourth-order valence-corrected chi connectivity index (χ4v) is 3.04. The monoisotopic (exact) mass is 488 g/mol. The summed E-state index contributed by atoms with van der Waals surface area (Å²) in [4.78, 5) is 0. The molecule has 29 heavy (non-hydrogen) atoms. The number of aliphatic hydroxyl groups is 1. The average Bonchev–Trinajstić information content (AvgIpc) is 2.67. The third kappa shape index (κ3) is 40.1. The number of hydrogen-bond acceptors (Lipinski definition) is 1. The summed E-state index contributed by atoms with van der Waals surface area (Å²) in [6.07, 6.45) is 21.5. The summed E-state index contributed by atoms with van der Waals surface area (Å²) in [6.45, 7) is 11.5. The van der Waals surface area contributed by atoms with Gasteiger partial charge in [0.05, 0.1) is 0 Å². The molecule has 0 saturated carbocycles. The van der Waals surface area contributed by atoms with Crippen LogP contribution in [0.25, 0.3) is 5.32 Å². The Morgan fingerprint density at radius 3 is 1.31 bits per heavy atom. The zero-order chi connectivity index (χ0) is 19.7. The molecule has 0 aliphatic heterocycles. The maximum absolute atomic E-state index is 8.75. The number of halogens is 2. The second kappa shape index (κ2) is 39.7. The summed E-state index contributed by atoms with van der Waals surface area (Å²) in [5, 5.41) is 13.4. The van der Waals surface area contributed by atoms with E-state index < -0.39 is 0 Å². The molecule has 177 valence electrons. The molecule has 0 fully saturated rings. The fourth-order valence-electron chi connectivity index (χ4n) is 3.04. The van der Waals surface area contributed by atoms with Crippen molar-refractivity contribution in [3.8, 4) is 0 Å². The fraction of sp³-hybridized carbons (Fsp3) is 1.00. The topological polar surface area (TPSA) is 34.3 Å². The molecule has 1 unspecified atom stereocenters. The van der Waals surface area contributed by atoms with E-state index >= 15 is 0 Å². The van der Waals surface area contributed by atoms with E-state index in [0.29, 0.717) is 12.5 Å². The van der Waals surface area contributed by atoms with Crippen LogP contribution in [-0.4, -0.2) is 24.8 Å². The molecule has 1 atom stereocenters. The van der Waals surface area contributed by atoms with Gasteiger partial charge < -0.3 is 35.2 Å². The van der Waals surface area contributed by atoms with E-state index in [0.717, 1.165) is 19.5 Å². The van der Waals surface area contributed by atoms with Gasteiger partial charge in [-0.15, -0.1) is 13.1 Å². The SMILES string of the molecule is CCCCC(CC)CO.CCCCCCCC[N-]CCCCCCCC.[Cl-].[Cl-].[Ti+3]. The predicted molar refractivity (Wildman–Crippen MR) is 120 cm³/mol. The molecule has 0 aromatic carbocycles. The van der Waals surface area contributed by atoms with Crippen molar-refractivity contribution in [2.75, 3.05) is 19.7 Å². The Morgan fingerprint density at radius 2 is 0.966 bits per heavy atom. The third-order valence-electron chi connectivity index (χ3n) is 5.14. The minimum atomic E-state index is 0. The molecule has 0 aliphatic rings. The number of hydrogen-bond donors (Lipinski definition) is 1. The molecule has 0 bridgehead atoms. The molecular weight excluding hydrogens is 437 g/mol. The van der Waals surface area contributed by atoms with Gasteiger partial charge in [0.2, 0.25) is 0 Å². The van der Waals surface area contributed by atoms with Crippen LogP contribution in [0, 0.1) is 5.92 Å². The van der Waals surface area contributed by atoms with Crippen molar-refractivity contribution in [2.24, 2.45) is 5.92 Å². The summed E-state index contributed by atoms with van der Waals surface area (Å²) >= 11 is 0. The molecule has 0 amide bonds. The summed E-state index contributed by atoms with van der Waals surface area (Å²) in [5.74, 6) is 0.560. The Morgan fingerprint density at radius 1 is 0.586 bits per heavy atom. The van der Waals surface area contributed by atoms with Gasteiger partial charge in [-0.2, -0.15) is 0 Å². The Hall–Kier alpha value is 1.21. The van der Waals surface area contributed by atoms with E-state index in [1.54, 1.807) is 0 Å². The first-order valence-corrected chi connectivity index (χ1v) is 12.0. The van der Waals surface area contributed by atoms with Crippen LogP contribution in [0.1, 0.15) is 130 Å². The maximum Gasteiger partial charge on any atom is 3.00 e. The molecule has 0 rings (SSSR count). The van der Waals surface area contributed by atoms with Gasteiger partial charge in [-0.1, -0.05) is 124 Å². The van der Waals surface area contributed by atoms with Crippen molar-refractivity contribution in [3.05, 3.63) is 5.32 Å².